The van der Waals surface area contributed by atoms with Gasteiger partial charge < -0.3 is 9.88 Å². The van der Waals surface area contributed by atoms with E-state index in [0.717, 1.165) is 43.0 Å². The molecule has 1 N–H and O–H groups in total. The molecule has 0 bridgehead atoms. The third-order valence-electron chi connectivity index (χ3n) is 6.96. The minimum Gasteiger partial charge on any atom is -0.379 e. The molecule has 1 atom stereocenters. The Kier molecular flexibility index (Phi) is 7.23. The van der Waals surface area contributed by atoms with Gasteiger partial charge in [-0.25, -0.2) is 8.61 Å². The molecule has 5 rings (SSSR count). The Morgan fingerprint density at radius 1 is 1.17 bits per heavy atom. The molecule has 1 aliphatic carbocycles. The fraction of sp³-hybridized carbons (Fsp3) is 0.480. The summed E-state index contributed by atoms with van der Waals surface area (Å²) in [4.78, 5) is 4.23. The summed E-state index contributed by atoms with van der Waals surface area (Å²) < 4.78 is 47.8. The summed E-state index contributed by atoms with van der Waals surface area (Å²) in [6.45, 7) is 2.09. The van der Waals surface area contributed by atoms with Crippen LogP contribution in [0.5, 0.6) is 0 Å². The van der Waals surface area contributed by atoms with Gasteiger partial charge in [0.05, 0.1) is 17.8 Å². The Morgan fingerprint density at radius 2 is 2.00 bits per heavy atom. The molecule has 192 valence electrons. The molecule has 0 radical (unpaired) electrons. The van der Waals surface area contributed by atoms with Crippen LogP contribution in [0, 0.1) is 5.92 Å². The van der Waals surface area contributed by atoms with Gasteiger partial charge in [-0.05, 0) is 55.1 Å². The molecule has 0 amide bonds. The number of likely N-dealkylation sites (N-methyl/N-ethyl adjacent to an activating group) is 1. The van der Waals surface area contributed by atoms with E-state index < -0.39 is 11.7 Å². The normalized spacial score (nSPS) is 18.4. The SMILES string of the molecule is CN1CCN(Cc2cnc(CNc3cccc([C@H](c4nncn4C)C4CCC4)c3)c(C(F)(F)F)c2)S1. The maximum Gasteiger partial charge on any atom is 0.418 e. The van der Waals surface area contributed by atoms with Crippen LogP contribution in [-0.4, -0.2) is 48.5 Å². The minimum absolute atomic E-state index is 0.00769. The smallest absolute Gasteiger partial charge is 0.379 e. The van der Waals surface area contributed by atoms with E-state index in [1.54, 1.807) is 12.5 Å². The molecule has 0 spiro atoms. The zero-order chi connectivity index (χ0) is 25.3. The zero-order valence-electron chi connectivity index (χ0n) is 20.4. The molecule has 3 heterocycles. The largest absolute Gasteiger partial charge is 0.418 e. The summed E-state index contributed by atoms with van der Waals surface area (Å²) in [5, 5.41) is 11.6. The number of rotatable bonds is 8. The number of benzene rings is 1. The Balaban J connectivity index is 1.34. The number of nitrogens with zero attached hydrogens (tertiary/aromatic N) is 6. The topological polar surface area (TPSA) is 62.1 Å². The number of hydrogen-bond acceptors (Lipinski definition) is 7. The number of halogens is 3. The molecule has 0 unspecified atom stereocenters. The van der Waals surface area contributed by atoms with Gasteiger partial charge in [-0.3, -0.25) is 4.98 Å². The van der Waals surface area contributed by atoms with Gasteiger partial charge in [-0.15, -0.1) is 10.2 Å². The molecular weight excluding hydrogens is 487 g/mol. The average molecular weight is 518 g/mol. The summed E-state index contributed by atoms with van der Waals surface area (Å²) >= 11 is 1.53. The average Bonchev–Trinajstić information content (AvgIpc) is 3.42. The highest BCUT2D eigenvalue weighted by Crippen LogP contribution is 2.43. The van der Waals surface area contributed by atoms with Crippen molar-refractivity contribution in [2.75, 3.05) is 25.5 Å². The fourth-order valence-corrected chi connectivity index (χ4v) is 5.79. The zero-order valence-corrected chi connectivity index (χ0v) is 21.2. The van der Waals surface area contributed by atoms with Crippen molar-refractivity contribution in [2.24, 2.45) is 13.0 Å². The van der Waals surface area contributed by atoms with Crippen molar-refractivity contribution in [1.82, 2.24) is 28.4 Å². The van der Waals surface area contributed by atoms with E-state index in [2.05, 4.69) is 30.9 Å². The molecule has 3 aromatic rings. The second-order valence-electron chi connectivity index (χ2n) is 9.58. The first-order valence-corrected chi connectivity index (χ1v) is 12.9. The Bertz CT molecular complexity index is 1190. The van der Waals surface area contributed by atoms with Gasteiger partial charge in [0.15, 0.2) is 0 Å². The maximum absolute atomic E-state index is 13.9. The highest BCUT2D eigenvalue weighted by Gasteiger charge is 2.35. The van der Waals surface area contributed by atoms with Gasteiger partial charge in [0, 0.05) is 56.6 Å². The highest BCUT2D eigenvalue weighted by molar-refractivity contribution is 7.94. The van der Waals surface area contributed by atoms with Crippen molar-refractivity contribution >= 4 is 17.8 Å². The molecule has 1 aliphatic heterocycles. The first-order chi connectivity index (χ1) is 17.3. The van der Waals surface area contributed by atoms with Crippen LogP contribution in [0.4, 0.5) is 18.9 Å². The van der Waals surface area contributed by atoms with E-state index >= 15 is 0 Å². The summed E-state index contributed by atoms with van der Waals surface area (Å²) in [5.41, 5.74) is 1.71. The quantitative estimate of drug-likeness (QED) is 0.418. The summed E-state index contributed by atoms with van der Waals surface area (Å²) in [6, 6.07) is 9.12. The Hall–Kier alpha value is -2.63. The monoisotopic (exact) mass is 517 g/mol. The van der Waals surface area contributed by atoms with Crippen LogP contribution >= 0.6 is 12.1 Å². The van der Waals surface area contributed by atoms with Gasteiger partial charge in [0.2, 0.25) is 0 Å². The predicted molar refractivity (Wildman–Crippen MR) is 134 cm³/mol. The van der Waals surface area contributed by atoms with Gasteiger partial charge in [-0.2, -0.15) is 13.2 Å². The van der Waals surface area contributed by atoms with Crippen molar-refractivity contribution in [3.05, 3.63) is 71.1 Å². The van der Waals surface area contributed by atoms with Gasteiger partial charge >= 0.3 is 6.18 Å². The summed E-state index contributed by atoms with van der Waals surface area (Å²) in [7, 11) is 3.91. The number of aryl methyl sites for hydroxylation is 1. The highest BCUT2D eigenvalue weighted by atomic mass is 32.2. The van der Waals surface area contributed by atoms with Crippen molar-refractivity contribution in [3.63, 3.8) is 0 Å². The maximum atomic E-state index is 13.9. The molecule has 1 saturated carbocycles. The van der Waals surface area contributed by atoms with Crippen molar-refractivity contribution < 1.29 is 13.2 Å². The lowest BCUT2D eigenvalue weighted by atomic mass is 9.72. The van der Waals surface area contributed by atoms with E-state index in [0.29, 0.717) is 18.0 Å². The minimum atomic E-state index is -4.47. The van der Waals surface area contributed by atoms with Crippen LogP contribution in [0.1, 0.15) is 53.4 Å². The van der Waals surface area contributed by atoms with Crippen LogP contribution in [-0.2, 0) is 26.3 Å². The fourth-order valence-electron chi connectivity index (χ4n) is 4.86. The van der Waals surface area contributed by atoms with E-state index in [9.17, 15) is 13.2 Å². The molecule has 1 aromatic carbocycles. The van der Waals surface area contributed by atoms with Crippen LogP contribution in [0.2, 0.25) is 0 Å². The van der Waals surface area contributed by atoms with Gasteiger partial charge in [-0.1, -0.05) is 18.6 Å². The molecule has 11 heteroatoms. The van der Waals surface area contributed by atoms with Crippen LogP contribution in [0.25, 0.3) is 0 Å². The number of aromatic nitrogens is 4. The van der Waals surface area contributed by atoms with E-state index in [4.69, 9.17) is 0 Å². The molecule has 2 fully saturated rings. The number of alkyl halides is 3. The lowest BCUT2D eigenvalue weighted by molar-refractivity contribution is -0.138. The first-order valence-electron chi connectivity index (χ1n) is 12.1. The lowest BCUT2D eigenvalue weighted by Crippen LogP contribution is -2.24. The third kappa shape index (κ3) is 5.52. The Morgan fingerprint density at radius 3 is 2.64 bits per heavy atom. The van der Waals surface area contributed by atoms with E-state index in [1.807, 2.05) is 41.2 Å². The van der Waals surface area contributed by atoms with Gasteiger partial charge in [0.25, 0.3) is 0 Å². The van der Waals surface area contributed by atoms with E-state index in [1.165, 1.54) is 24.6 Å². The Labute approximate surface area is 213 Å². The number of hydrogen-bond donors (Lipinski definition) is 1. The van der Waals surface area contributed by atoms with Crippen LogP contribution in [0.15, 0.2) is 42.9 Å². The number of pyridine rings is 1. The predicted octanol–water partition coefficient (Wildman–Crippen LogP) is 5.08. The molecule has 36 heavy (non-hydrogen) atoms. The molecular formula is C25H30F3N7S. The standard InChI is InChI=1S/C25H30F3N7S/c1-33-16-31-32-24(33)23(18-5-3-6-18)19-7-4-8-20(12-19)29-14-22-21(25(26,27)28)11-17(13-30-22)15-35-10-9-34(2)36-35/h4,7-8,11-13,16,18,23,29H,3,5-6,9-10,14-15H2,1-2H3/t23-/m1/s1. The summed E-state index contributed by atoms with van der Waals surface area (Å²) in [5.74, 6) is 1.51. The molecule has 2 aromatic heterocycles. The second kappa shape index (κ2) is 10.4. The van der Waals surface area contributed by atoms with Crippen molar-refractivity contribution in [3.8, 4) is 0 Å². The van der Waals surface area contributed by atoms with Crippen molar-refractivity contribution in [2.45, 2.75) is 44.4 Å². The molecule has 1 saturated heterocycles. The number of nitrogens with one attached hydrogen (secondary N) is 1. The molecule has 2 aliphatic rings. The van der Waals surface area contributed by atoms with E-state index in [-0.39, 0.29) is 18.2 Å². The second-order valence-corrected chi connectivity index (χ2v) is 10.9. The lowest BCUT2D eigenvalue weighted by Gasteiger charge is -2.33. The summed E-state index contributed by atoms with van der Waals surface area (Å²) in [6.07, 6.45) is 2.25. The van der Waals surface area contributed by atoms with Gasteiger partial charge in [0.1, 0.15) is 12.2 Å². The van der Waals surface area contributed by atoms with Crippen molar-refractivity contribution in [1.29, 1.82) is 0 Å². The van der Waals surface area contributed by atoms with Crippen LogP contribution in [0.3, 0.4) is 0 Å². The van der Waals surface area contributed by atoms with Crippen LogP contribution < -0.4 is 5.32 Å². The first kappa shape index (κ1) is 25.0. The third-order valence-corrected chi connectivity index (χ3v) is 7.97. The number of anilines is 1. The molecule has 7 nitrogen and oxygen atoms in total.